The van der Waals surface area contributed by atoms with E-state index in [1.54, 1.807) is 0 Å². The molecule has 1 N–H and O–H groups in total. The molecule has 1 saturated heterocycles. The molecule has 0 radical (unpaired) electrons. The molecule has 2 aliphatic rings. The largest absolute Gasteiger partial charge is 0.349 e. The summed E-state index contributed by atoms with van der Waals surface area (Å²) in [6.07, 6.45) is 4.28. The summed E-state index contributed by atoms with van der Waals surface area (Å²) in [5.41, 5.74) is 4.30. The smallest absolute Gasteiger partial charge is 0.0223 e. The molecule has 1 saturated carbocycles. The van der Waals surface area contributed by atoms with Crippen LogP contribution in [0, 0.1) is 19.8 Å². The van der Waals surface area contributed by atoms with E-state index in [0.717, 1.165) is 25.0 Å². The third-order valence-corrected chi connectivity index (χ3v) is 5.12. The monoisotopic (exact) mass is 275 g/mol. The van der Waals surface area contributed by atoms with Gasteiger partial charge in [-0.3, -0.25) is 0 Å². The molecule has 1 unspecified atom stereocenters. The summed E-state index contributed by atoms with van der Waals surface area (Å²) in [6.45, 7) is 12.6. The quantitative estimate of drug-likeness (QED) is 0.861. The van der Waals surface area contributed by atoms with Crippen LogP contribution in [0.2, 0.25) is 0 Å². The molecule has 0 bridgehead atoms. The van der Waals surface area contributed by atoms with Crippen LogP contribution < -0.4 is 5.32 Å². The van der Waals surface area contributed by atoms with Gasteiger partial charge in [-0.15, -0.1) is 0 Å². The number of rotatable bonds is 6. The minimum Gasteiger partial charge on any atom is -0.349 e. The van der Waals surface area contributed by atoms with E-state index in [9.17, 15) is 0 Å². The van der Waals surface area contributed by atoms with Crippen molar-refractivity contribution in [2.24, 2.45) is 5.92 Å². The SMILES string of the molecule is CCn1c(C)cc(CNCC2CCN(C3CC3)C2)c1C. The predicted molar refractivity (Wildman–Crippen MR) is 84.0 cm³/mol. The number of nitrogens with one attached hydrogen (secondary N) is 1. The summed E-state index contributed by atoms with van der Waals surface area (Å²) in [4.78, 5) is 2.70. The molecular weight excluding hydrogens is 246 g/mol. The molecular formula is C17H29N3. The molecule has 112 valence electrons. The van der Waals surface area contributed by atoms with Crippen molar-refractivity contribution >= 4 is 0 Å². The standard InChI is InChI=1S/C17H29N3/c1-4-20-13(2)9-16(14(20)3)11-18-10-15-7-8-19(12-15)17-5-6-17/h9,15,17-18H,4-8,10-12H2,1-3H3. The Hall–Kier alpha value is -0.800. The van der Waals surface area contributed by atoms with Gasteiger partial charge in [0.1, 0.15) is 0 Å². The highest BCUT2D eigenvalue weighted by molar-refractivity contribution is 5.26. The molecule has 0 aromatic carbocycles. The molecule has 3 rings (SSSR count). The molecule has 1 aromatic rings. The Balaban J connectivity index is 1.46. The van der Waals surface area contributed by atoms with E-state index in [0.29, 0.717) is 0 Å². The lowest BCUT2D eigenvalue weighted by Gasteiger charge is -2.15. The zero-order valence-electron chi connectivity index (χ0n) is 13.3. The van der Waals surface area contributed by atoms with E-state index in [4.69, 9.17) is 0 Å². The molecule has 0 amide bonds. The highest BCUT2D eigenvalue weighted by Gasteiger charge is 2.33. The first-order valence-corrected chi connectivity index (χ1v) is 8.29. The summed E-state index contributed by atoms with van der Waals surface area (Å²) < 4.78 is 2.40. The molecule has 0 spiro atoms. The second-order valence-electron chi connectivity index (χ2n) is 6.65. The van der Waals surface area contributed by atoms with Gasteiger partial charge in [-0.2, -0.15) is 0 Å². The van der Waals surface area contributed by atoms with E-state index >= 15 is 0 Å². The summed E-state index contributed by atoms with van der Waals surface area (Å²) in [5.74, 6) is 0.866. The fourth-order valence-electron chi connectivity index (χ4n) is 3.75. The summed E-state index contributed by atoms with van der Waals surface area (Å²) in [7, 11) is 0. The van der Waals surface area contributed by atoms with Crippen LogP contribution in [0.15, 0.2) is 6.07 Å². The average Bonchev–Trinajstić information content (AvgIpc) is 3.11. The van der Waals surface area contributed by atoms with E-state index in [1.165, 1.54) is 55.8 Å². The second-order valence-corrected chi connectivity index (χ2v) is 6.65. The van der Waals surface area contributed by atoms with Crippen LogP contribution in [0.3, 0.4) is 0 Å². The molecule has 3 nitrogen and oxygen atoms in total. The third-order valence-electron chi connectivity index (χ3n) is 5.12. The van der Waals surface area contributed by atoms with Crippen LogP contribution >= 0.6 is 0 Å². The summed E-state index contributed by atoms with van der Waals surface area (Å²) >= 11 is 0. The van der Waals surface area contributed by atoms with Gasteiger partial charge in [-0.25, -0.2) is 0 Å². The predicted octanol–water partition coefficient (Wildman–Crippen LogP) is 2.70. The Morgan fingerprint density at radius 3 is 2.70 bits per heavy atom. The first-order valence-electron chi connectivity index (χ1n) is 8.29. The molecule has 2 fully saturated rings. The lowest BCUT2D eigenvalue weighted by atomic mass is 10.1. The van der Waals surface area contributed by atoms with Crippen molar-refractivity contribution in [3.63, 3.8) is 0 Å². The molecule has 2 heterocycles. The van der Waals surface area contributed by atoms with Gasteiger partial charge in [0.05, 0.1) is 0 Å². The molecule has 3 heteroatoms. The second kappa shape index (κ2) is 5.90. The number of nitrogens with zero attached hydrogens (tertiary/aromatic N) is 2. The molecule has 20 heavy (non-hydrogen) atoms. The Kier molecular flexibility index (Phi) is 4.18. The number of hydrogen-bond donors (Lipinski definition) is 1. The average molecular weight is 275 g/mol. The number of likely N-dealkylation sites (tertiary alicyclic amines) is 1. The third kappa shape index (κ3) is 2.94. The normalized spacial score (nSPS) is 23.6. The van der Waals surface area contributed by atoms with Crippen molar-refractivity contribution in [3.05, 3.63) is 23.0 Å². The van der Waals surface area contributed by atoms with E-state index < -0.39 is 0 Å². The fraction of sp³-hybridized carbons (Fsp3) is 0.765. The van der Waals surface area contributed by atoms with Gasteiger partial charge in [-0.1, -0.05) is 0 Å². The van der Waals surface area contributed by atoms with Crippen molar-refractivity contribution in [2.45, 2.75) is 59.2 Å². The van der Waals surface area contributed by atoms with Crippen molar-refractivity contribution in [3.8, 4) is 0 Å². The zero-order chi connectivity index (χ0) is 14.1. The van der Waals surface area contributed by atoms with Crippen molar-refractivity contribution < 1.29 is 0 Å². The van der Waals surface area contributed by atoms with Gasteiger partial charge in [0.25, 0.3) is 0 Å². The first-order chi connectivity index (χ1) is 9.69. The minimum absolute atomic E-state index is 0.866. The van der Waals surface area contributed by atoms with Crippen LogP contribution in [0.1, 0.15) is 43.1 Å². The van der Waals surface area contributed by atoms with Crippen molar-refractivity contribution in [2.75, 3.05) is 19.6 Å². The molecule has 1 atom stereocenters. The van der Waals surface area contributed by atoms with Crippen LogP contribution in [0.4, 0.5) is 0 Å². The highest BCUT2D eigenvalue weighted by Crippen LogP contribution is 2.31. The summed E-state index contributed by atoms with van der Waals surface area (Å²) in [5, 5.41) is 3.69. The maximum atomic E-state index is 3.69. The Labute approximate surface area is 123 Å². The van der Waals surface area contributed by atoms with Gasteiger partial charge < -0.3 is 14.8 Å². The van der Waals surface area contributed by atoms with E-state index in [-0.39, 0.29) is 0 Å². The fourth-order valence-corrected chi connectivity index (χ4v) is 3.75. The first kappa shape index (κ1) is 14.2. The van der Waals surface area contributed by atoms with Gasteiger partial charge in [-0.05, 0) is 70.7 Å². The summed E-state index contributed by atoms with van der Waals surface area (Å²) in [6, 6.07) is 3.29. The highest BCUT2D eigenvalue weighted by atomic mass is 15.2. The van der Waals surface area contributed by atoms with Gasteiger partial charge >= 0.3 is 0 Å². The maximum absolute atomic E-state index is 3.69. The van der Waals surface area contributed by atoms with Gasteiger partial charge in [0, 0.05) is 37.1 Å². The number of aromatic nitrogens is 1. The zero-order valence-corrected chi connectivity index (χ0v) is 13.3. The lowest BCUT2D eigenvalue weighted by Crippen LogP contribution is -2.27. The van der Waals surface area contributed by atoms with E-state index in [2.05, 4.69) is 41.6 Å². The molecule has 1 aliphatic heterocycles. The van der Waals surface area contributed by atoms with Crippen molar-refractivity contribution in [1.82, 2.24) is 14.8 Å². The van der Waals surface area contributed by atoms with Crippen molar-refractivity contribution in [1.29, 1.82) is 0 Å². The Bertz CT molecular complexity index is 459. The van der Waals surface area contributed by atoms with Crippen LogP contribution in [0.25, 0.3) is 0 Å². The van der Waals surface area contributed by atoms with Gasteiger partial charge in [0.15, 0.2) is 0 Å². The molecule has 1 aliphatic carbocycles. The van der Waals surface area contributed by atoms with E-state index in [1.807, 2.05) is 0 Å². The van der Waals surface area contributed by atoms with Gasteiger partial charge in [0.2, 0.25) is 0 Å². The maximum Gasteiger partial charge on any atom is 0.0223 e. The van der Waals surface area contributed by atoms with Crippen LogP contribution in [-0.2, 0) is 13.1 Å². The van der Waals surface area contributed by atoms with Crippen LogP contribution in [0.5, 0.6) is 0 Å². The van der Waals surface area contributed by atoms with Crippen LogP contribution in [-0.4, -0.2) is 35.1 Å². The topological polar surface area (TPSA) is 20.2 Å². The number of hydrogen-bond acceptors (Lipinski definition) is 2. The Morgan fingerprint density at radius 1 is 1.25 bits per heavy atom. The number of aryl methyl sites for hydroxylation is 1. The minimum atomic E-state index is 0.866. The molecule has 1 aromatic heterocycles. The Morgan fingerprint density at radius 2 is 2.05 bits per heavy atom. The lowest BCUT2D eigenvalue weighted by molar-refractivity contribution is 0.312.